The van der Waals surface area contributed by atoms with E-state index in [0.717, 1.165) is 147 Å². The smallest absolute Gasteiger partial charge is 0.145 e. The van der Waals surface area contributed by atoms with Crippen molar-refractivity contribution >= 4 is 52.8 Å². The molecule has 0 radical (unpaired) electrons. The molecular formula is C52H78IN10O5S-. The van der Waals surface area contributed by atoms with Crippen molar-refractivity contribution in [3.8, 4) is 0 Å². The fraction of sp³-hybridized carbons (Fsp3) is 0.635. The van der Waals surface area contributed by atoms with Gasteiger partial charge in [0.25, 0.3) is 0 Å². The number of anilines is 4. The van der Waals surface area contributed by atoms with Crippen LogP contribution < -0.4 is 47.4 Å². The van der Waals surface area contributed by atoms with Crippen LogP contribution >= 0.6 is 11.9 Å². The Labute approximate surface area is 426 Å². The average Bonchev–Trinajstić information content (AvgIpc) is 4.08. The zero-order chi connectivity index (χ0) is 48.9. The fourth-order valence-electron chi connectivity index (χ4n) is 10.8. The summed E-state index contributed by atoms with van der Waals surface area (Å²) < 4.78 is 12.4. The summed E-state index contributed by atoms with van der Waals surface area (Å²) in [4.78, 5) is 61.1. The van der Waals surface area contributed by atoms with Crippen LogP contribution in [0, 0.1) is 5.92 Å². The van der Waals surface area contributed by atoms with Crippen molar-refractivity contribution < 1.29 is 44.5 Å². The van der Waals surface area contributed by atoms with Gasteiger partial charge in [0.1, 0.15) is 5.82 Å². The topological polar surface area (TPSA) is 175 Å². The van der Waals surface area contributed by atoms with Crippen LogP contribution in [0.4, 0.5) is 23.1 Å². The molecule has 0 bridgehead atoms. The molecule has 3 saturated heterocycles. The number of nitrogens with two attached hydrogens (primary N) is 1. The number of aliphatic hydroxyl groups excluding tert-OH is 1. The second-order valence-electron chi connectivity index (χ2n) is 19.2. The van der Waals surface area contributed by atoms with E-state index in [9.17, 15) is 17.8 Å². The third-order valence-electron chi connectivity index (χ3n) is 14.8. The number of carbonyl (C=O) groups is 3. The summed E-state index contributed by atoms with van der Waals surface area (Å²) in [5.74, 6) is 1.77. The number of alkyl halides is 1. The van der Waals surface area contributed by atoms with Gasteiger partial charge in [0.15, 0.2) is 0 Å². The van der Waals surface area contributed by atoms with Crippen molar-refractivity contribution in [3.05, 3.63) is 65.4 Å². The molecule has 9 rings (SSSR count). The van der Waals surface area contributed by atoms with Gasteiger partial charge in [-0.25, -0.2) is 9.29 Å². The largest absolute Gasteiger partial charge is 0.400 e. The van der Waals surface area contributed by atoms with Crippen LogP contribution in [-0.2, 0) is 21.5 Å². The van der Waals surface area contributed by atoms with Crippen molar-refractivity contribution in [1.29, 1.82) is 0 Å². The van der Waals surface area contributed by atoms with Gasteiger partial charge in [-0.05, 0) is 62.3 Å². The first-order valence-electron chi connectivity index (χ1n) is 25.8. The Morgan fingerprint density at radius 2 is 1.59 bits per heavy atom. The number of unbranched alkanes of at least 4 members (excludes halogenated alkanes) is 5. The van der Waals surface area contributed by atoms with E-state index in [1.165, 1.54) is 36.3 Å². The van der Waals surface area contributed by atoms with Crippen LogP contribution in [0.25, 0.3) is 0 Å². The monoisotopic (exact) mass is 1080 g/mol. The number of fused-ring (bicyclic) bond motifs is 3. The van der Waals surface area contributed by atoms with Crippen LogP contribution in [0.1, 0.15) is 126 Å². The maximum absolute atomic E-state index is 13.5. The van der Waals surface area contributed by atoms with Crippen molar-refractivity contribution in [2.75, 3.05) is 97.0 Å². The minimum atomic E-state index is -0.963. The molecule has 3 aromatic rings. The van der Waals surface area contributed by atoms with Gasteiger partial charge in [-0.2, -0.15) is 4.98 Å². The number of rotatable bonds is 20. The summed E-state index contributed by atoms with van der Waals surface area (Å²) in [5, 5.41) is 10.6. The SMILES string of the molecule is CC.CCCCCCCCN1C(=O)C2(CC2)c2cnc(NC3CCN(Sc4cccc(N5CCN(CC6CCN(c7ccc8c(c7)CN(C(CC[I-]O)C(N)=O)C8=O)CC6)CC5)c4)CC3)nc21.CO. The van der Waals surface area contributed by atoms with E-state index in [2.05, 4.69) is 67.6 Å². The Bertz CT molecular complexity index is 2160. The minimum Gasteiger partial charge on any atom is -0.400 e. The first-order chi connectivity index (χ1) is 33.7. The molecule has 1 saturated carbocycles. The molecule has 5 aliphatic heterocycles. The predicted octanol–water partition coefficient (Wildman–Crippen LogP) is 3.67. The first-order valence-corrected chi connectivity index (χ1v) is 29.1. The standard InChI is InChI=1S/C49H68IN10O4S.C2H6.CH4O/c1-2-3-4-5-6-7-21-59-45-42(49(18-19-49)47(59)63)32-52-48(54-45)53-37-16-24-58(25-17-37)65-40-10-8-9-38(31-40)57-28-26-55(27-29-57)33-35-14-22-56(23-15-35)39-11-12-41-36(30-39)34-60(46(41)62)43(44(51)61)13-20-50-64;2*1-2/h8-12,30-32,35,37,43,64H,2-7,13-29,33-34H2,1H3,(H2,51,61)(H,52,53,54);1-2H3;2H,1H3/q-1;;. The maximum atomic E-state index is 13.5. The zero-order valence-corrected chi connectivity index (χ0v) is 44.6. The Morgan fingerprint density at radius 1 is 0.899 bits per heavy atom. The molecule has 6 aliphatic rings. The summed E-state index contributed by atoms with van der Waals surface area (Å²) in [7, 11) is 1.00. The summed E-state index contributed by atoms with van der Waals surface area (Å²) in [6, 6.07) is 14.8. The number of hydrogen-bond acceptors (Lipinski definition) is 13. The molecule has 1 atom stereocenters. The first kappa shape index (κ1) is 53.1. The molecule has 1 spiro atoms. The van der Waals surface area contributed by atoms with E-state index >= 15 is 0 Å². The van der Waals surface area contributed by atoms with Gasteiger partial charge in [0.05, 0.1) is 5.41 Å². The zero-order valence-electron chi connectivity index (χ0n) is 41.6. The third kappa shape index (κ3) is 12.8. The van der Waals surface area contributed by atoms with Crippen molar-refractivity contribution in [1.82, 2.24) is 24.1 Å². The number of halogens is 1. The summed E-state index contributed by atoms with van der Waals surface area (Å²) in [6.07, 6.45) is 15.7. The summed E-state index contributed by atoms with van der Waals surface area (Å²) in [5.41, 5.74) is 10.4. The van der Waals surface area contributed by atoms with Crippen LogP contribution in [0.3, 0.4) is 0 Å². The number of piperidine rings is 2. The molecule has 6 heterocycles. The molecule has 5 N–H and O–H groups in total. The number of benzene rings is 2. The molecule has 1 aliphatic carbocycles. The second-order valence-corrected chi connectivity index (χ2v) is 22.1. The van der Waals surface area contributed by atoms with Gasteiger partial charge in [0, 0.05) is 87.9 Å². The number of hydrogen-bond donors (Lipinski definition) is 4. The Kier molecular flexibility index (Phi) is 19.7. The normalized spacial score (nSPS) is 19.8. The van der Waals surface area contributed by atoms with Crippen LogP contribution in [0.2, 0.25) is 0 Å². The summed E-state index contributed by atoms with van der Waals surface area (Å²) >= 11 is 0.907. The van der Waals surface area contributed by atoms with Gasteiger partial charge in [-0.1, -0.05) is 58.9 Å². The average molecular weight is 1080 g/mol. The predicted molar refractivity (Wildman–Crippen MR) is 273 cm³/mol. The molecular weight excluding hydrogens is 1000 g/mol. The van der Waals surface area contributed by atoms with Gasteiger partial charge < -0.3 is 15.3 Å². The third-order valence-corrected chi connectivity index (χ3v) is 17.0. The van der Waals surface area contributed by atoms with Crippen molar-refractivity contribution in [3.63, 3.8) is 0 Å². The molecule has 17 heteroatoms. The van der Waals surface area contributed by atoms with Crippen LogP contribution in [0.15, 0.2) is 53.6 Å². The van der Waals surface area contributed by atoms with E-state index in [4.69, 9.17) is 20.8 Å². The number of amides is 3. The second kappa shape index (κ2) is 25.6. The number of carbonyl (C=O) groups excluding carboxylic acids is 3. The van der Waals surface area contributed by atoms with Gasteiger partial charge >= 0.3 is 152 Å². The Hall–Kier alpha value is -3.75. The van der Waals surface area contributed by atoms with E-state index in [1.54, 1.807) is 4.90 Å². The Balaban J connectivity index is 0.00000171. The van der Waals surface area contributed by atoms with Crippen LogP contribution in [-0.4, -0.2) is 139 Å². The number of primary amides is 1. The number of aromatic nitrogens is 2. The number of piperazine rings is 1. The van der Waals surface area contributed by atoms with Crippen LogP contribution in [0.5, 0.6) is 0 Å². The molecule has 1 aromatic heterocycles. The van der Waals surface area contributed by atoms with Gasteiger partial charge in [0.2, 0.25) is 11.9 Å². The maximum Gasteiger partial charge on any atom is 0.145 e. The van der Waals surface area contributed by atoms with E-state index in [0.29, 0.717) is 40.9 Å². The van der Waals surface area contributed by atoms with Crippen molar-refractivity contribution in [2.24, 2.45) is 11.7 Å². The van der Waals surface area contributed by atoms with E-state index < -0.39 is 33.6 Å². The van der Waals surface area contributed by atoms with Crippen molar-refractivity contribution in [2.45, 2.75) is 133 Å². The number of aliphatic hydroxyl groups is 1. The van der Waals surface area contributed by atoms with Gasteiger partial charge in [-0.3, -0.25) is 14.6 Å². The molecule has 69 heavy (non-hydrogen) atoms. The number of nitrogens with one attached hydrogen (secondary N) is 1. The number of nitrogens with zero attached hydrogens (tertiary/aromatic N) is 8. The fourth-order valence-corrected chi connectivity index (χ4v) is 12.7. The Morgan fingerprint density at radius 3 is 2.29 bits per heavy atom. The quantitative estimate of drug-likeness (QED) is 0.0560. The van der Waals surface area contributed by atoms with E-state index in [-0.39, 0.29) is 17.2 Å². The molecule has 3 amide bonds. The molecule has 2 aromatic carbocycles. The molecule has 1 unspecified atom stereocenters. The molecule has 380 valence electrons. The molecule has 4 fully saturated rings. The molecule has 15 nitrogen and oxygen atoms in total. The van der Waals surface area contributed by atoms with Gasteiger partial charge in [-0.15, -0.1) is 0 Å². The summed E-state index contributed by atoms with van der Waals surface area (Å²) in [6.45, 7) is 16.7. The minimum absolute atomic E-state index is 0.141. The van der Waals surface area contributed by atoms with E-state index in [1.807, 2.05) is 43.0 Å².